The molecule has 1 unspecified atom stereocenters. The van der Waals surface area contributed by atoms with E-state index < -0.39 is 17.6 Å². The van der Waals surface area contributed by atoms with Gasteiger partial charge in [0.15, 0.2) is 0 Å². The number of imide groups is 1. The van der Waals surface area contributed by atoms with Crippen molar-refractivity contribution in [3.05, 3.63) is 88.4 Å². The number of hydrogen-bond acceptors (Lipinski definition) is 12. The quantitative estimate of drug-likeness (QED) is 0.132. The number of aromatic nitrogens is 6. The summed E-state index contributed by atoms with van der Waals surface area (Å²) in [4.78, 5) is 68.6. The average Bonchev–Trinajstić information content (AvgIpc) is 3.88. The number of nitrogens with zero attached hydrogens (tertiary/aromatic N) is 9. The van der Waals surface area contributed by atoms with Gasteiger partial charge in [-0.25, -0.2) is 4.98 Å². The summed E-state index contributed by atoms with van der Waals surface area (Å²) in [6.07, 6.45) is 7.49. The number of aliphatic hydroxyl groups is 1. The van der Waals surface area contributed by atoms with E-state index in [-0.39, 0.29) is 47.8 Å². The Hall–Kier alpha value is -6.30. The smallest absolute Gasteiger partial charge is 0.235 e. The zero-order chi connectivity index (χ0) is 47.8. The van der Waals surface area contributed by atoms with Gasteiger partial charge in [0, 0.05) is 123 Å². The Bertz CT molecular complexity index is 2980. The van der Waals surface area contributed by atoms with E-state index in [2.05, 4.69) is 41.5 Å². The van der Waals surface area contributed by atoms with Crippen molar-refractivity contribution in [2.45, 2.75) is 69.5 Å². The van der Waals surface area contributed by atoms with Gasteiger partial charge in [-0.15, -0.1) is 0 Å². The third-order valence-electron chi connectivity index (χ3n) is 15.1. The Morgan fingerprint density at radius 3 is 2.35 bits per heavy atom. The van der Waals surface area contributed by atoms with Crippen molar-refractivity contribution in [3.63, 3.8) is 0 Å². The molecule has 19 heteroatoms. The van der Waals surface area contributed by atoms with Crippen LogP contribution in [0.1, 0.15) is 75.1 Å². The molecule has 11 rings (SSSR count). The van der Waals surface area contributed by atoms with Crippen molar-refractivity contribution in [1.82, 2.24) is 45.1 Å². The molecule has 5 saturated heterocycles. The number of hydrogen-bond donors (Lipinski definition) is 3. The number of aromatic amines is 1. The molecular formula is C50H53Cl2N11O6. The molecule has 69 heavy (non-hydrogen) atoms. The molecule has 4 aromatic heterocycles. The Morgan fingerprint density at radius 1 is 0.884 bits per heavy atom. The van der Waals surface area contributed by atoms with Gasteiger partial charge >= 0.3 is 0 Å². The minimum Gasteiger partial charge on any atom is -0.486 e. The molecule has 0 bridgehead atoms. The van der Waals surface area contributed by atoms with E-state index in [1.54, 1.807) is 17.1 Å². The van der Waals surface area contributed by atoms with Gasteiger partial charge in [0.1, 0.15) is 23.4 Å². The van der Waals surface area contributed by atoms with Gasteiger partial charge in [0.2, 0.25) is 23.6 Å². The summed E-state index contributed by atoms with van der Waals surface area (Å²) in [5, 5.41) is 29.1. The van der Waals surface area contributed by atoms with Crippen LogP contribution in [0.25, 0.3) is 33.1 Å². The Kier molecular flexibility index (Phi) is 11.5. The number of halogens is 2. The molecule has 358 valence electrons. The second-order valence-corrected chi connectivity index (χ2v) is 20.6. The number of rotatable bonds is 10. The fraction of sp³-hybridized carbons (Fsp3) is 0.440. The molecular weight excluding hydrogens is 922 g/mol. The predicted molar refractivity (Wildman–Crippen MR) is 260 cm³/mol. The van der Waals surface area contributed by atoms with Crippen molar-refractivity contribution in [2.24, 2.45) is 18.4 Å². The maximum atomic E-state index is 13.6. The van der Waals surface area contributed by atoms with Crippen molar-refractivity contribution in [2.75, 3.05) is 62.2 Å². The zero-order valence-electron chi connectivity index (χ0n) is 38.5. The lowest BCUT2D eigenvalue weighted by atomic mass is 9.72. The number of benzene rings is 2. The highest BCUT2D eigenvalue weighted by atomic mass is 35.5. The molecule has 2 atom stereocenters. The average molecular weight is 975 g/mol. The first-order valence-electron chi connectivity index (χ1n) is 23.7. The van der Waals surface area contributed by atoms with E-state index in [9.17, 15) is 24.3 Å². The minimum absolute atomic E-state index is 0.0608. The monoisotopic (exact) mass is 973 g/mol. The van der Waals surface area contributed by atoms with Crippen molar-refractivity contribution in [3.8, 4) is 17.0 Å². The zero-order valence-corrected chi connectivity index (χ0v) is 40.0. The molecule has 6 aromatic rings. The molecule has 4 amide bonds. The number of amides is 4. The maximum absolute atomic E-state index is 13.6. The first-order valence-corrected chi connectivity index (χ1v) is 24.5. The number of carbonyl (C=O) groups is 4. The molecule has 0 radical (unpaired) electrons. The van der Waals surface area contributed by atoms with Crippen LogP contribution in [0.3, 0.4) is 0 Å². The minimum atomic E-state index is -1.10. The fourth-order valence-corrected chi connectivity index (χ4v) is 11.9. The van der Waals surface area contributed by atoms with Crippen LogP contribution < -0.4 is 19.9 Å². The molecule has 3 N–H and O–H groups in total. The largest absolute Gasteiger partial charge is 0.486 e. The SMILES string of the molecule is C[C@@H](Oc1ccc2[nH]nc(-c3ccc(N4CC5(CN(C(=O)C6CCN(C(=O)CC7(O)CCN(c8ccc9c(C%10CCC(=O)NC%10=O)nn(C)c9c8)CC7)CC6)C5)C4)nc3)c2c1)c1c(Cl)cncc1Cl. The van der Waals surface area contributed by atoms with Gasteiger partial charge in [-0.3, -0.25) is 39.3 Å². The van der Waals surface area contributed by atoms with Gasteiger partial charge < -0.3 is 29.4 Å². The molecule has 2 aromatic carbocycles. The van der Waals surface area contributed by atoms with Crippen LogP contribution in [0, 0.1) is 11.3 Å². The molecule has 0 saturated carbocycles. The number of anilines is 2. The molecule has 5 aliphatic rings. The number of likely N-dealkylation sites (tertiary alicyclic amines) is 2. The van der Waals surface area contributed by atoms with Crippen LogP contribution in [-0.4, -0.2) is 126 Å². The summed E-state index contributed by atoms with van der Waals surface area (Å²) in [6.45, 7) is 7.21. The third kappa shape index (κ3) is 8.52. The predicted octanol–water partition coefficient (Wildman–Crippen LogP) is 6.18. The van der Waals surface area contributed by atoms with Gasteiger partial charge in [-0.1, -0.05) is 23.2 Å². The highest BCUT2D eigenvalue weighted by Crippen LogP contribution is 2.43. The molecule has 17 nitrogen and oxygen atoms in total. The number of H-pyrrole nitrogens is 1. The first kappa shape index (κ1) is 45.2. The summed E-state index contributed by atoms with van der Waals surface area (Å²) >= 11 is 12.8. The van der Waals surface area contributed by atoms with Crippen molar-refractivity contribution >= 4 is 80.1 Å². The number of piperidine rings is 3. The standard InChI is InChI=1S/C50H53Cl2N11O6/c1-29(44-37(51)23-53-24-38(44)52)69-33-5-8-39-36(20-33)45(57-56-39)31-3-9-41(54-22-31)62-25-49(26-62)27-63(28-49)48(67)30-11-15-61(16-12-30)43(65)21-50(68)13-17-60(18-14-50)32-4-6-34-40(19-32)59(2)58-46(34)35-7-10-42(64)55-47(35)66/h3-6,8-9,19-20,22-24,29-30,35,68H,7,10-18,21,25-28H2,1-2H3,(H,56,57)(H,55,64,66)/t29-,35?/m1/s1. The normalized spacial score (nSPS) is 20.8. The van der Waals surface area contributed by atoms with Crippen LogP contribution in [0.15, 0.2) is 67.1 Å². The van der Waals surface area contributed by atoms with E-state index in [0.717, 1.165) is 70.7 Å². The molecule has 9 heterocycles. The first-order chi connectivity index (χ1) is 33.2. The number of ether oxygens (including phenoxy) is 1. The summed E-state index contributed by atoms with van der Waals surface area (Å²) in [5.41, 5.74) is 4.70. The lowest BCUT2D eigenvalue weighted by Gasteiger charge is -2.61. The van der Waals surface area contributed by atoms with E-state index in [0.29, 0.717) is 85.3 Å². The van der Waals surface area contributed by atoms with Crippen LogP contribution in [0.4, 0.5) is 11.5 Å². The number of carbonyl (C=O) groups excluding carboxylic acids is 4. The number of fused-ring (bicyclic) bond motifs is 2. The van der Waals surface area contributed by atoms with Crippen LogP contribution >= 0.6 is 23.2 Å². The van der Waals surface area contributed by atoms with Crippen LogP contribution in [-0.2, 0) is 26.2 Å². The number of aryl methyl sites for hydroxylation is 1. The molecule has 5 aliphatic heterocycles. The Morgan fingerprint density at radius 2 is 1.64 bits per heavy atom. The Balaban J connectivity index is 0.625. The van der Waals surface area contributed by atoms with Crippen LogP contribution in [0.5, 0.6) is 5.75 Å². The second kappa shape index (κ2) is 17.6. The van der Waals surface area contributed by atoms with E-state index >= 15 is 0 Å². The Labute approximate surface area is 408 Å². The summed E-state index contributed by atoms with van der Waals surface area (Å²) in [5.74, 6) is 0.507. The van der Waals surface area contributed by atoms with E-state index in [4.69, 9.17) is 32.9 Å². The third-order valence-corrected chi connectivity index (χ3v) is 15.7. The van der Waals surface area contributed by atoms with Crippen molar-refractivity contribution < 1.29 is 29.0 Å². The molecule has 0 aliphatic carbocycles. The lowest BCUT2D eigenvalue weighted by molar-refractivity contribution is -0.153. The van der Waals surface area contributed by atoms with Crippen LogP contribution in [0.2, 0.25) is 10.0 Å². The molecule has 1 spiro atoms. The lowest BCUT2D eigenvalue weighted by Crippen LogP contribution is -2.73. The highest BCUT2D eigenvalue weighted by Gasteiger charge is 2.54. The summed E-state index contributed by atoms with van der Waals surface area (Å²) in [7, 11) is 1.85. The number of nitrogens with one attached hydrogen (secondary N) is 2. The summed E-state index contributed by atoms with van der Waals surface area (Å²) < 4.78 is 8.02. The second-order valence-electron chi connectivity index (χ2n) is 19.8. The topological polar surface area (TPSA) is 195 Å². The molecule has 5 fully saturated rings. The van der Waals surface area contributed by atoms with Gasteiger partial charge in [0.05, 0.1) is 44.7 Å². The van der Waals surface area contributed by atoms with Gasteiger partial charge in [-0.05, 0) is 87.6 Å². The fourth-order valence-electron chi connectivity index (χ4n) is 11.2. The van der Waals surface area contributed by atoms with E-state index in [1.165, 1.54) is 0 Å². The summed E-state index contributed by atoms with van der Waals surface area (Å²) in [6, 6.07) is 15.8. The maximum Gasteiger partial charge on any atom is 0.235 e. The van der Waals surface area contributed by atoms with Gasteiger partial charge in [-0.2, -0.15) is 10.2 Å². The van der Waals surface area contributed by atoms with E-state index in [1.807, 2.05) is 72.4 Å². The highest BCUT2D eigenvalue weighted by molar-refractivity contribution is 6.35. The number of pyridine rings is 2. The van der Waals surface area contributed by atoms with Crippen molar-refractivity contribution in [1.29, 1.82) is 0 Å². The van der Waals surface area contributed by atoms with Gasteiger partial charge in [0.25, 0.3) is 0 Å².